The second-order valence-electron chi connectivity index (χ2n) is 6.53. The summed E-state index contributed by atoms with van der Waals surface area (Å²) in [6.45, 7) is 5.88. The van der Waals surface area contributed by atoms with Gasteiger partial charge in [-0.3, -0.25) is 19.3 Å². The standard InChI is InChI=1S/C20H19N3O3S/c1-14-15-5-2-3-6-16(15)19(25)23(14)13-18(24)21-8-10-22(11-9-21)20(26)17-7-4-12-27-17/h2-7,12H,1,8-11,13H2. The lowest BCUT2D eigenvalue weighted by molar-refractivity contribution is -0.132. The van der Waals surface area contributed by atoms with Crippen molar-refractivity contribution in [3.05, 3.63) is 64.4 Å². The highest BCUT2D eigenvalue weighted by molar-refractivity contribution is 7.12. The van der Waals surface area contributed by atoms with Gasteiger partial charge in [-0.15, -0.1) is 11.3 Å². The molecular formula is C20H19N3O3S. The second-order valence-corrected chi connectivity index (χ2v) is 7.48. The summed E-state index contributed by atoms with van der Waals surface area (Å²) >= 11 is 1.42. The molecule has 2 aromatic rings. The van der Waals surface area contributed by atoms with Gasteiger partial charge in [0.2, 0.25) is 5.91 Å². The molecule has 0 radical (unpaired) electrons. The number of benzene rings is 1. The highest BCUT2D eigenvalue weighted by atomic mass is 32.1. The molecule has 27 heavy (non-hydrogen) atoms. The zero-order chi connectivity index (χ0) is 19.0. The number of piperazine rings is 1. The van der Waals surface area contributed by atoms with E-state index in [9.17, 15) is 14.4 Å². The molecule has 0 bridgehead atoms. The second kappa shape index (κ2) is 7.00. The Hall–Kier alpha value is -2.93. The molecule has 2 aliphatic rings. The van der Waals surface area contributed by atoms with E-state index in [0.717, 1.165) is 5.56 Å². The van der Waals surface area contributed by atoms with Gasteiger partial charge in [0.05, 0.1) is 4.88 Å². The van der Waals surface area contributed by atoms with Crippen molar-refractivity contribution in [2.24, 2.45) is 0 Å². The number of fused-ring (bicyclic) bond motifs is 1. The molecule has 0 atom stereocenters. The third-order valence-electron chi connectivity index (χ3n) is 4.98. The molecule has 0 spiro atoms. The topological polar surface area (TPSA) is 60.9 Å². The van der Waals surface area contributed by atoms with Crippen LogP contribution in [0.3, 0.4) is 0 Å². The van der Waals surface area contributed by atoms with Gasteiger partial charge in [0, 0.05) is 43.0 Å². The first-order chi connectivity index (χ1) is 13.1. The fraction of sp³-hybridized carbons (Fsp3) is 0.250. The van der Waals surface area contributed by atoms with Crippen LogP contribution in [0.2, 0.25) is 0 Å². The lowest BCUT2D eigenvalue weighted by Crippen LogP contribution is -2.52. The Balaban J connectivity index is 1.36. The van der Waals surface area contributed by atoms with Crippen LogP contribution >= 0.6 is 11.3 Å². The molecule has 1 aromatic heterocycles. The fourth-order valence-corrected chi connectivity index (χ4v) is 4.14. The van der Waals surface area contributed by atoms with Crippen LogP contribution in [0.25, 0.3) is 5.70 Å². The molecule has 0 N–H and O–H groups in total. The molecule has 1 saturated heterocycles. The van der Waals surface area contributed by atoms with Gasteiger partial charge >= 0.3 is 0 Å². The molecule has 138 valence electrons. The van der Waals surface area contributed by atoms with Crippen LogP contribution < -0.4 is 0 Å². The van der Waals surface area contributed by atoms with Gasteiger partial charge in [-0.1, -0.05) is 30.8 Å². The first-order valence-electron chi connectivity index (χ1n) is 8.77. The summed E-state index contributed by atoms with van der Waals surface area (Å²) in [5.74, 6) is -0.299. The van der Waals surface area contributed by atoms with Crippen molar-refractivity contribution in [1.29, 1.82) is 0 Å². The van der Waals surface area contributed by atoms with E-state index >= 15 is 0 Å². The Morgan fingerprint density at radius 3 is 2.26 bits per heavy atom. The van der Waals surface area contributed by atoms with Gasteiger partial charge in [-0.05, 0) is 17.5 Å². The SMILES string of the molecule is C=C1c2ccccc2C(=O)N1CC(=O)N1CCN(C(=O)c2cccs2)CC1. The average molecular weight is 381 g/mol. The van der Waals surface area contributed by atoms with Gasteiger partial charge in [0.1, 0.15) is 6.54 Å². The minimum atomic E-state index is -0.185. The van der Waals surface area contributed by atoms with Gasteiger partial charge in [0.15, 0.2) is 0 Å². The van der Waals surface area contributed by atoms with Crippen LogP contribution in [-0.2, 0) is 4.79 Å². The van der Waals surface area contributed by atoms with Crippen molar-refractivity contribution in [2.45, 2.75) is 0 Å². The molecule has 0 aliphatic carbocycles. The Kier molecular flexibility index (Phi) is 4.53. The number of amides is 3. The highest BCUT2D eigenvalue weighted by Crippen LogP contribution is 2.31. The van der Waals surface area contributed by atoms with E-state index in [2.05, 4.69) is 6.58 Å². The van der Waals surface area contributed by atoms with Gasteiger partial charge in [-0.25, -0.2) is 0 Å². The zero-order valence-electron chi connectivity index (χ0n) is 14.8. The first-order valence-corrected chi connectivity index (χ1v) is 9.65. The van der Waals surface area contributed by atoms with Crippen LogP contribution in [0.1, 0.15) is 25.6 Å². The normalized spacial score (nSPS) is 16.7. The van der Waals surface area contributed by atoms with Crippen molar-refractivity contribution in [1.82, 2.24) is 14.7 Å². The summed E-state index contributed by atoms with van der Waals surface area (Å²) in [4.78, 5) is 43.3. The molecule has 6 nitrogen and oxygen atoms in total. The van der Waals surface area contributed by atoms with Crippen LogP contribution in [0.5, 0.6) is 0 Å². The zero-order valence-corrected chi connectivity index (χ0v) is 15.6. The predicted molar refractivity (Wildman–Crippen MR) is 103 cm³/mol. The predicted octanol–water partition coefficient (Wildman–Crippen LogP) is 2.16. The van der Waals surface area contributed by atoms with E-state index in [4.69, 9.17) is 0 Å². The highest BCUT2D eigenvalue weighted by Gasteiger charge is 2.34. The molecule has 3 heterocycles. The number of thiophene rings is 1. The van der Waals surface area contributed by atoms with E-state index in [1.165, 1.54) is 16.2 Å². The summed E-state index contributed by atoms with van der Waals surface area (Å²) in [5.41, 5.74) is 1.93. The average Bonchev–Trinajstić information content (AvgIpc) is 3.32. The Morgan fingerprint density at radius 1 is 0.963 bits per heavy atom. The van der Waals surface area contributed by atoms with Gasteiger partial charge < -0.3 is 9.80 Å². The van der Waals surface area contributed by atoms with Crippen LogP contribution in [0.4, 0.5) is 0 Å². The minimum absolute atomic E-state index is 0.00986. The van der Waals surface area contributed by atoms with Crippen molar-refractivity contribution < 1.29 is 14.4 Å². The van der Waals surface area contributed by atoms with Crippen LogP contribution in [0.15, 0.2) is 48.4 Å². The Bertz CT molecular complexity index is 879. The smallest absolute Gasteiger partial charge is 0.264 e. The number of hydrogen-bond acceptors (Lipinski definition) is 4. The van der Waals surface area contributed by atoms with E-state index in [-0.39, 0.29) is 24.3 Å². The van der Waals surface area contributed by atoms with Gasteiger partial charge in [-0.2, -0.15) is 0 Å². The number of hydrogen-bond donors (Lipinski definition) is 0. The third kappa shape index (κ3) is 3.14. The molecular weight excluding hydrogens is 362 g/mol. The van der Waals surface area contributed by atoms with Crippen molar-refractivity contribution in [2.75, 3.05) is 32.7 Å². The number of carbonyl (C=O) groups is 3. The molecule has 1 aromatic carbocycles. The Morgan fingerprint density at radius 2 is 1.63 bits per heavy atom. The fourth-order valence-electron chi connectivity index (χ4n) is 3.45. The van der Waals surface area contributed by atoms with E-state index in [1.54, 1.807) is 21.9 Å². The lowest BCUT2D eigenvalue weighted by atomic mass is 10.1. The van der Waals surface area contributed by atoms with E-state index in [1.807, 2.05) is 29.6 Å². The molecule has 1 fully saturated rings. The van der Waals surface area contributed by atoms with Crippen LogP contribution in [0, 0.1) is 0 Å². The minimum Gasteiger partial charge on any atom is -0.338 e. The maximum atomic E-state index is 12.7. The summed E-state index contributed by atoms with van der Waals surface area (Å²) in [6, 6.07) is 10.9. The summed E-state index contributed by atoms with van der Waals surface area (Å²) in [5, 5.41) is 1.88. The summed E-state index contributed by atoms with van der Waals surface area (Å²) in [7, 11) is 0. The molecule has 7 heteroatoms. The quantitative estimate of drug-likeness (QED) is 0.819. The third-order valence-corrected chi connectivity index (χ3v) is 5.84. The largest absolute Gasteiger partial charge is 0.338 e. The Labute approximate surface area is 161 Å². The van der Waals surface area contributed by atoms with E-state index in [0.29, 0.717) is 42.3 Å². The first kappa shape index (κ1) is 17.5. The molecule has 0 saturated carbocycles. The molecule has 0 unspecified atom stereocenters. The lowest BCUT2D eigenvalue weighted by Gasteiger charge is -2.35. The van der Waals surface area contributed by atoms with Crippen molar-refractivity contribution in [3.8, 4) is 0 Å². The van der Waals surface area contributed by atoms with Crippen LogP contribution in [-0.4, -0.2) is 65.1 Å². The molecule has 3 amide bonds. The number of nitrogens with zero attached hydrogens (tertiary/aromatic N) is 3. The van der Waals surface area contributed by atoms with Crippen molar-refractivity contribution in [3.63, 3.8) is 0 Å². The number of rotatable bonds is 3. The molecule has 4 rings (SSSR count). The summed E-state index contributed by atoms with van der Waals surface area (Å²) < 4.78 is 0. The van der Waals surface area contributed by atoms with E-state index < -0.39 is 0 Å². The number of carbonyl (C=O) groups excluding carboxylic acids is 3. The summed E-state index contributed by atoms with van der Waals surface area (Å²) in [6.07, 6.45) is 0. The molecule has 2 aliphatic heterocycles. The van der Waals surface area contributed by atoms with Gasteiger partial charge in [0.25, 0.3) is 11.8 Å². The maximum Gasteiger partial charge on any atom is 0.264 e. The monoisotopic (exact) mass is 381 g/mol. The maximum absolute atomic E-state index is 12.7. The van der Waals surface area contributed by atoms with Crippen molar-refractivity contribution >= 4 is 34.8 Å².